The maximum absolute atomic E-state index is 8.89. The first kappa shape index (κ1) is 12.3. The normalized spacial score (nSPS) is 20.6. The number of nitrogens with zero attached hydrogens (tertiary/aromatic N) is 1. The fourth-order valence-corrected chi connectivity index (χ4v) is 2.80. The zero-order valence-corrected chi connectivity index (χ0v) is 11.9. The lowest BCUT2D eigenvalue weighted by molar-refractivity contribution is 1.05. The molecule has 0 saturated heterocycles. The lowest BCUT2D eigenvalue weighted by Crippen LogP contribution is -2.04. The van der Waals surface area contributed by atoms with Gasteiger partial charge in [-0.15, -0.1) is 0 Å². The molecule has 94 valence electrons. The van der Waals surface area contributed by atoms with E-state index in [-0.39, 0.29) is 0 Å². The summed E-state index contributed by atoms with van der Waals surface area (Å²) in [6.45, 7) is 0. The van der Waals surface area contributed by atoms with E-state index in [0.29, 0.717) is 17.5 Å². The van der Waals surface area contributed by atoms with Crippen LogP contribution in [-0.4, -0.2) is 6.04 Å². The standard InChI is InChI=1S/C16H13BrN2/c17-15-8-13(7-6-12(15)10-18)19-16-9-14(16)11-4-2-1-3-5-11/h1-8,14,16,19H,9H2. The van der Waals surface area contributed by atoms with Gasteiger partial charge >= 0.3 is 0 Å². The lowest BCUT2D eigenvalue weighted by Gasteiger charge is -2.07. The summed E-state index contributed by atoms with van der Waals surface area (Å²) in [7, 11) is 0. The van der Waals surface area contributed by atoms with Gasteiger partial charge in [0.1, 0.15) is 6.07 Å². The fourth-order valence-electron chi connectivity index (χ4n) is 2.33. The molecule has 0 spiro atoms. The molecule has 2 atom stereocenters. The molecule has 0 aliphatic heterocycles. The van der Waals surface area contributed by atoms with E-state index in [1.165, 1.54) is 12.0 Å². The zero-order chi connectivity index (χ0) is 13.2. The Labute approximate surface area is 121 Å². The number of nitrogens with one attached hydrogen (secondary N) is 1. The van der Waals surface area contributed by atoms with Crippen molar-refractivity contribution in [2.75, 3.05) is 5.32 Å². The molecule has 0 aromatic heterocycles. The molecule has 3 rings (SSSR count). The van der Waals surface area contributed by atoms with Crippen molar-refractivity contribution >= 4 is 21.6 Å². The molecule has 1 N–H and O–H groups in total. The number of rotatable bonds is 3. The van der Waals surface area contributed by atoms with E-state index < -0.39 is 0 Å². The van der Waals surface area contributed by atoms with E-state index >= 15 is 0 Å². The monoisotopic (exact) mass is 312 g/mol. The van der Waals surface area contributed by atoms with Crippen LogP contribution in [0.4, 0.5) is 5.69 Å². The second kappa shape index (κ2) is 5.07. The van der Waals surface area contributed by atoms with Crippen molar-refractivity contribution in [1.29, 1.82) is 5.26 Å². The Morgan fingerprint density at radius 3 is 2.63 bits per heavy atom. The van der Waals surface area contributed by atoms with Gasteiger partial charge in [-0.2, -0.15) is 5.26 Å². The lowest BCUT2D eigenvalue weighted by atomic mass is 10.1. The van der Waals surface area contributed by atoms with Crippen molar-refractivity contribution in [3.05, 3.63) is 64.1 Å². The molecule has 0 amide bonds. The predicted octanol–water partition coefficient (Wildman–Crippen LogP) is 4.29. The third-order valence-electron chi connectivity index (χ3n) is 3.46. The van der Waals surface area contributed by atoms with E-state index in [1.807, 2.05) is 24.3 Å². The first-order valence-corrected chi connectivity index (χ1v) is 7.08. The molecule has 2 unspecified atom stereocenters. The molecule has 1 saturated carbocycles. The van der Waals surface area contributed by atoms with E-state index in [4.69, 9.17) is 5.26 Å². The van der Waals surface area contributed by atoms with Crippen molar-refractivity contribution in [2.24, 2.45) is 0 Å². The van der Waals surface area contributed by atoms with Crippen LogP contribution < -0.4 is 5.32 Å². The van der Waals surface area contributed by atoms with Gasteiger partial charge in [0, 0.05) is 22.1 Å². The molecule has 19 heavy (non-hydrogen) atoms. The molecular formula is C16H13BrN2. The van der Waals surface area contributed by atoms with E-state index in [1.54, 1.807) is 0 Å². The van der Waals surface area contributed by atoms with Crippen LogP contribution in [-0.2, 0) is 0 Å². The van der Waals surface area contributed by atoms with Crippen molar-refractivity contribution in [2.45, 2.75) is 18.4 Å². The number of benzene rings is 2. The summed E-state index contributed by atoms with van der Waals surface area (Å²) >= 11 is 3.42. The Balaban J connectivity index is 1.68. The first-order valence-electron chi connectivity index (χ1n) is 6.29. The third kappa shape index (κ3) is 2.64. The molecule has 0 heterocycles. The van der Waals surface area contributed by atoms with Crippen LogP contribution in [0.3, 0.4) is 0 Å². The highest BCUT2D eigenvalue weighted by molar-refractivity contribution is 9.10. The number of hydrogen-bond acceptors (Lipinski definition) is 2. The molecule has 3 heteroatoms. The largest absolute Gasteiger partial charge is 0.382 e. The molecule has 1 fully saturated rings. The molecular weight excluding hydrogens is 300 g/mol. The minimum atomic E-state index is 0.502. The van der Waals surface area contributed by atoms with Crippen LogP contribution in [0.25, 0.3) is 0 Å². The van der Waals surface area contributed by atoms with Crippen LogP contribution in [0.5, 0.6) is 0 Å². The second-order valence-electron chi connectivity index (χ2n) is 4.81. The number of hydrogen-bond donors (Lipinski definition) is 1. The topological polar surface area (TPSA) is 35.8 Å². The molecule has 2 aromatic carbocycles. The van der Waals surface area contributed by atoms with Crippen molar-refractivity contribution in [3.8, 4) is 6.07 Å². The number of anilines is 1. The van der Waals surface area contributed by atoms with Crippen LogP contribution in [0, 0.1) is 11.3 Å². The van der Waals surface area contributed by atoms with Gasteiger partial charge in [-0.05, 0) is 46.1 Å². The Morgan fingerprint density at radius 1 is 1.16 bits per heavy atom. The molecule has 2 nitrogen and oxygen atoms in total. The summed E-state index contributed by atoms with van der Waals surface area (Å²) in [5.41, 5.74) is 3.13. The summed E-state index contributed by atoms with van der Waals surface area (Å²) < 4.78 is 0.844. The van der Waals surface area contributed by atoms with Crippen LogP contribution in [0.2, 0.25) is 0 Å². The summed E-state index contributed by atoms with van der Waals surface area (Å²) in [6, 6.07) is 19.0. The minimum Gasteiger partial charge on any atom is -0.382 e. The van der Waals surface area contributed by atoms with Gasteiger partial charge in [-0.3, -0.25) is 0 Å². The molecule has 2 aromatic rings. The predicted molar refractivity (Wildman–Crippen MR) is 80.1 cm³/mol. The van der Waals surface area contributed by atoms with Gasteiger partial charge in [0.25, 0.3) is 0 Å². The molecule has 1 aliphatic rings. The van der Waals surface area contributed by atoms with Gasteiger partial charge in [0.05, 0.1) is 5.56 Å². The molecule has 0 bridgehead atoms. The average Bonchev–Trinajstić information content (AvgIpc) is 3.19. The summed E-state index contributed by atoms with van der Waals surface area (Å²) in [5, 5.41) is 12.4. The molecule has 1 aliphatic carbocycles. The number of halogens is 1. The maximum atomic E-state index is 8.89. The first-order chi connectivity index (χ1) is 9.28. The van der Waals surface area contributed by atoms with Gasteiger partial charge in [0.2, 0.25) is 0 Å². The average molecular weight is 313 g/mol. The smallest absolute Gasteiger partial charge is 0.100 e. The van der Waals surface area contributed by atoms with Gasteiger partial charge in [-0.1, -0.05) is 30.3 Å². The second-order valence-corrected chi connectivity index (χ2v) is 5.66. The van der Waals surface area contributed by atoms with Gasteiger partial charge in [0.15, 0.2) is 0 Å². The Morgan fingerprint density at radius 2 is 1.95 bits per heavy atom. The van der Waals surface area contributed by atoms with E-state index in [2.05, 4.69) is 51.6 Å². The highest BCUT2D eigenvalue weighted by Gasteiger charge is 2.38. The Kier molecular flexibility index (Phi) is 3.27. The van der Waals surface area contributed by atoms with Crippen molar-refractivity contribution in [1.82, 2.24) is 0 Å². The van der Waals surface area contributed by atoms with Crippen molar-refractivity contribution < 1.29 is 0 Å². The van der Waals surface area contributed by atoms with Gasteiger partial charge < -0.3 is 5.32 Å². The maximum Gasteiger partial charge on any atom is 0.100 e. The van der Waals surface area contributed by atoms with Gasteiger partial charge in [-0.25, -0.2) is 0 Å². The van der Waals surface area contributed by atoms with Crippen molar-refractivity contribution in [3.63, 3.8) is 0 Å². The van der Waals surface area contributed by atoms with Crippen LogP contribution in [0.1, 0.15) is 23.5 Å². The van der Waals surface area contributed by atoms with Crippen LogP contribution >= 0.6 is 15.9 Å². The van der Waals surface area contributed by atoms with E-state index in [9.17, 15) is 0 Å². The highest BCUT2D eigenvalue weighted by atomic mass is 79.9. The highest BCUT2D eigenvalue weighted by Crippen LogP contribution is 2.42. The quantitative estimate of drug-likeness (QED) is 0.917. The summed E-state index contributed by atoms with van der Waals surface area (Å²) in [5.74, 6) is 0.607. The third-order valence-corrected chi connectivity index (χ3v) is 4.12. The molecule has 0 radical (unpaired) electrons. The number of nitriles is 1. The summed E-state index contributed by atoms with van der Waals surface area (Å²) in [4.78, 5) is 0. The Hall–Kier alpha value is -1.79. The SMILES string of the molecule is N#Cc1ccc(NC2CC2c2ccccc2)cc1Br. The fraction of sp³-hybridized carbons (Fsp3) is 0.188. The minimum absolute atomic E-state index is 0.502. The summed E-state index contributed by atoms with van der Waals surface area (Å²) in [6.07, 6.45) is 1.17. The van der Waals surface area contributed by atoms with Crippen LogP contribution in [0.15, 0.2) is 53.0 Å². The zero-order valence-electron chi connectivity index (χ0n) is 10.3. The van der Waals surface area contributed by atoms with E-state index in [0.717, 1.165) is 10.2 Å². The Bertz CT molecular complexity index is 631.